The number of hydrogen-bond acceptors (Lipinski definition) is 9. The summed E-state index contributed by atoms with van der Waals surface area (Å²) in [4.78, 5) is 24.2. The minimum Gasteiger partial charge on any atom is -0.408 e. The molecule has 0 aliphatic carbocycles. The van der Waals surface area contributed by atoms with Crippen LogP contribution in [0.25, 0.3) is 11.1 Å². The van der Waals surface area contributed by atoms with E-state index in [9.17, 15) is 13.2 Å². The summed E-state index contributed by atoms with van der Waals surface area (Å²) in [6.45, 7) is 2.52. The molecule has 30 heavy (non-hydrogen) atoms. The van der Waals surface area contributed by atoms with Gasteiger partial charge < -0.3 is 19.0 Å². The fourth-order valence-corrected chi connectivity index (χ4v) is 4.24. The molecule has 1 aromatic carbocycles. The standard InChI is InChI=1S/C18H22N6O5S/c1-22(2)16-13(11-19-17(20-16)24-6-8-28-9-7-24)21-30(26,27)12-4-5-15-14(10-12)23(3)18(25)29-15/h4-5,10-11,21H,6-9H2,1-3H3. The van der Waals surface area contributed by atoms with E-state index in [1.54, 1.807) is 19.0 Å². The van der Waals surface area contributed by atoms with Gasteiger partial charge >= 0.3 is 5.76 Å². The van der Waals surface area contributed by atoms with Gasteiger partial charge in [0.2, 0.25) is 5.95 Å². The number of morpholine rings is 1. The highest BCUT2D eigenvalue weighted by atomic mass is 32.2. The predicted molar refractivity (Wildman–Crippen MR) is 112 cm³/mol. The maximum Gasteiger partial charge on any atom is 0.419 e. The van der Waals surface area contributed by atoms with Crippen LogP contribution in [0.1, 0.15) is 0 Å². The van der Waals surface area contributed by atoms with E-state index in [2.05, 4.69) is 14.7 Å². The van der Waals surface area contributed by atoms with Crippen molar-refractivity contribution >= 4 is 38.6 Å². The van der Waals surface area contributed by atoms with Crippen LogP contribution in [0.3, 0.4) is 0 Å². The lowest BCUT2D eigenvalue weighted by Crippen LogP contribution is -2.37. The summed E-state index contributed by atoms with van der Waals surface area (Å²) >= 11 is 0. The number of sulfonamides is 1. The van der Waals surface area contributed by atoms with Crippen molar-refractivity contribution < 1.29 is 17.6 Å². The van der Waals surface area contributed by atoms with Gasteiger partial charge in [0, 0.05) is 34.2 Å². The van der Waals surface area contributed by atoms with E-state index < -0.39 is 15.8 Å². The first-order valence-corrected chi connectivity index (χ1v) is 10.7. The highest BCUT2D eigenvalue weighted by Gasteiger charge is 2.22. The summed E-state index contributed by atoms with van der Waals surface area (Å²) in [6, 6.07) is 4.23. The van der Waals surface area contributed by atoms with Crippen LogP contribution in [0.5, 0.6) is 0 Å². The number of nitrogens with one attached hydrogen (secondary N) is 1. The van der Waals surface area contributed by atoms with E-state index >= 15 is 0 Å². The van der Waals surface area contributed by atoms with Crippen LogP contribution in [0, 0.1) is 0 Å². The molecular formula is C18H22N6O5S. The SMILES string of the molecule is CN(C)c1nc(N2CCOCC2)ncc1NS(=O)(=O)c1ccc2oc(=O)n(C)c2c1. The molecule has 0 saturated carbocycles. The second kappa shape index (κ2) is 7.61. The van der Waals surface area contributed by atoms with Gasteiger partial charge in [0.1, 0.15) is 5.69 Å². The minimum atomic E-state index is -3.95. The first-order chi connectivity index (χ1) is 14.3. The molecule has 11 nitrogen and oxygen atoms in total. The van der Waals surface area contributed by atoms with E-state index in [0.29, 0.717) is 49.2 Å². The molecule has 1 saturated heterocycles. The summed E-state index contributed by atoms with van der Waals surface area (Å²) in [6.07, 6.45) is 1.46. The van der Waals surface area contributed by atoms with Crippen LogP contribution in [0.2, 0.25) is 0 Å². The van der Waals surface area contributed by atoms with Crippen molar-refractivity contribution in [2.45, 2.75) is 4.90 Å². The van der Waals surface area contributed by atoms with Gasteiger partial charge in [0.25, 0.3) is 10.0 Å². The maximum absolute atomic E-state index is 13.0. The van der Waals surface area contributed by atoms with Gasteiger partial charge in [-0.05, 0) is 18.2 Å². The van der Waals surface area contributed by atoms with Crippen molar-refractivity contribution in [3.8, 4) is 0 Å². The Morgan fingerprint density at radius 1 is 1.20 bits per heavy atom. The summed E-state index contributed by atoms with van der Waals surface area (Å²) in [5, 5.41) is 0. The monoisotopic (exact) mass is 434 g/mol. The number of aryl methyl sites for hydroxylation is 1. The van der Waals surface area contributed by atoms with Gasteiger partial charge in [-0.15, -0.1) is 0 Å². The van der Waals surface area contributed by atoms with E-state index in [4.69, 9.17) is 9.15 Å². The molecule has 1 fully saturated rings. The predicted octanol–water partition coefficient (Wildman–Crippen LogP) is 0.625. The van der Waals surface area contributed by atoms with Gasteiger partial charge in [0.15, 0.2) is 11.4 Å². The lowest BCUT2D eigenvalue weighted by Gasteiger charge is -2.28. The van der Waals surface area contributed by atoms with Crippen molar-refractivity contribution in [3.63, 3.8) is 0 Å². The van der Waals surface area contributed by atoms with E-state index in [1.165, 1.54) is 36.0 Å². The normalized spacial score (nSPS) is 14.8. The Hall–Kier alpha value is -3.12. The summed E-state index contributed by atoms with van der Waals surface area (Å²) < 4.78 is 40.2. The fourth-order valence-electron chi connectivity index (χ4n) is 3.17. The highest BCUT2D eigenvalue weighted by Crippen LogP contribution is 2.27. The lowest BCUT2D eigenvalue weighted by atomic mass is 10.3. The first kappa shape index (κ1) is 20.2. The Kier molecular flexibility index (Phi) is 5.12. The largest absolute Gasteiger partial charge is 0.419 e. The number of benzene rings is 1. The molecular weight excluding hydrogens is 412 g/mol. The summed E-state index contributed by atoms with van der Waals surface area (Å²) in [7, 11) is 1.11. The van der Waals surface area contributed by atoms with Crippen LogP contribution >= 0.6 is 0 Å². The number of fused-ring (bicyclic) bond motifs is 1. The van der Waals surface area contributed by atoms with Crippen molar-refractivity contribution in [2.75, 3.05) is 54.9 Å². The second-order valence-corrected chi connectivity index (χ2v) is 8.75. The Morgan fingerprint density at radius 3 is 2.63 bits per heavy atom. The maximum atomic E-state index is 13.0. The molecule has 0 spiro atoms. The van der Waals surface area contributed by atoms with E-state index in [-0.39, 0.29) is 10.6 Å². The average molecular weight is 434 g/mol. The van der Waals surface area contributed by atoms with Crippen LogP contribution in [0.4, 0.5) is 17.5 Å². The molecule has 0 atom stereocenters. The molecule has 0 bridgehead atoms. The van der Waals surface area contributed by atoms with Gasteiger partial charge in [0.05, 0.1) is 29.8 Å². The number of rotatable bonds is 5. The number of nitrogens with zero attached hydrogens (tertiary/aromatic N) is 5. The lowest BCUT2D eigenvalue weighted by molar-refractivity contribution is 0.122. The van der Waals surface area contributed by atoms with Gasteiger partial charge in [-0.2, -0.15) is 4.98 Å². The Bertz CT molecular complexity index is 1240. The quantitative estimate of drug-likeness (QED) is 0.616. The Morgan fingerprint density at radius 2 is 1.93 bits per heavy atom. The van der Waals surface area contributed by atoms with Crippen molar-refractivity contribution in [3.05, 3.63) is 34.9 Å². The number of anilines is 3. The Labute approximate surface area is 172 Å². The van der Waals surface area contributed by atoms with Gasteiger partial charge in [-0.3, -0.25) is 9.29 Å². The number of aromatic nitrogens is 3. The zero-order chi connectivity index (χ0) is 21.5. The fraction of sp³-hybridized carbons (Fsp3) is 0.389. The van der Waals surface area contributed by atoms with Crippen LogP contribution in [0.15, 0.2) is 38.5 Å². The van der Waals surface area contributed by atoms with Crippen LogP contribution in [-0.2, 0) is 21.8 Å². The first-order valence-electron chi connectivity index (χ1n) is 9.26. The van der Waals surface area contributed by atoms with Crippen molar-refractivity contribution in [2.24, 2.45) is 7.05 Å². The Balaban J connectivity index is 1.68. The van der Waals surface area contributed by atoms with E-state index in [0.717, 1.165) is 0 Å². The molecule has 4 rings (SSSR count). The van der Waals surface area contributed by atoms with Crippen molar-refractivity contribution in [1.82, 2.24) is 14.5 Å². The van der Waals surface area contributed by atoms with Crippen molar-refractivity contribution in [1.29, 1.82) is 0 Å². The molecule has 0 amide bonds. The molecule has 2 aromatic heterocycles. The molecule has 1 N–H and O–H groups in total. The average Bonchev–Trinajstić information content (AvgIpc) is 3.02. The van der Waals surface area contributed by atoms with Gasteiger partial charge in [-0.1, -0.05) is 0 Å². The molecule has 1 aliphatic heterocycles. The second-order valence-electron chi connectivity index (χ2n) is 7.06. The zero-order valence-corrected chi connectivity index (χ0v) is 17.6. The number of ether oxygens (including phenoxy) is 1. The van der Waals surface area contributed by atoms with Crippen LogP contribution in [-0.4, -0.2) is 63.4 Å². The molecule has 3 aromatic rings. The number of oxazole rings is 1. The molecule has 3 heterocycles. The molecule has 1 aliphatic rings. The summed E-state index contributed by atoms with van der Waals surface area (Å²) in [5.41, 5.74) is 0.946. The molecule has 160 valence electrons. The van der Waals surface area contributed by atoms with Gasteiger partial charge in [-0.25, -0.2) is 18.2 Å². The molecule has 12 heteroatoms. The van der Waals surface area contributed by atoms with E-state index in [1.807, 2.05) is 4.90 Å². The topological polar surface area (TPSA) is 123 Å². The number of hydrogen-bond donors (Lipinski definition) is 1. The summed E-state index contributed by atoms with van der Waals surface area (Å²) in [5.74, 6) is 0.390. The molecule has 0 radical (unpaired) electrons. The third-order valence-corrected chi connectivity index (χ3v) is 6.15. The molecule has 0 unspecified atom stereocenters. The third-order valence-electron chi connectivity index (χ3n) is 4.79. The minimum absolute atomic E-state index is 0.00615. The third kappa shape index (κ3) is 3.71. The zero-order valence-electron chi connectivity index (χ0n) is 16.8. The van der Waals surface area contributed by atoms with Crippen LogP contribution < -0.4 is 20.3 Å². The smallest absolute Gasteiger partial charge is 0.408 e. The highest BCUT2D eigenvalue weighted by molar-refractivity contribution is 7.92.